The summed E-state index contributed by atoms with van der Waals surface area (Å²) in [6.07, 6.45) is 0. The summed E-state index contributed by atoms with van der Waals surface area (Å²) < 4.78 is 4.97. The van der Waals surface area contributed by atoms with Crippen molar-refractivity contribution in [1.29, 1.82) is 0 Å². The van der Waals surface area contributed by atoms with E-state index in [-0.39, 0.29) is 9.07 Å². The third-order valence-corrected chi connectivity index (χ3v) is 1.40. The first-order valence-corrected chi connectivity index (χ1v) is 4.54. The van der Waals surface area contributed by atoms with Crippen LogP contribution in [0.25, 0.3) is 0 Å². The van der Waals surface area contributed by atoms with Crippen molar-refractivity contribution in [2.45, 2.75) is 13.8 Å². The van der Waals surface area contributed by atoms with E-state index in [1.807, 2.05) is 18.9 Å². The highest BCUT2D eigenvalue weighted by Crippen LogP contribution is 1.86. The van der Waals surface area contributed by atoms with Gasteiger partial charge in [-0.25, -0.2) is 5.06 Å². The Kier molecular flexibility index (Phi) is 5.86. The summed E-state index contributed by atoms with van der Waals surface area (Å²) >= 11 is 5.32. The van der Waals surface area contributed by atoms with Crippen molar-refractivity contribution in [2.24, 2.45) is 0 Å². The lowest BCUT2D eigenvalue weighted by Crippen LogP contribution is -2.23. The summed E-state index contributed by atoms with van der Waals surface area (Å²) in [4.78, 5) is 0. The molecule has 0 bridgehead atoms. The van der Waals surface area contributed by atoms with Crippen LogP contribution in [0, 0.1) is 0 Å². The summed E-state index contributed by atoms with van der Waals surface area (Å²) in [5.74, 6) is 0. The molecule has 0 saturated heterocycles. The Morgan fingerprint density at radius 3 is 2.12 bits per heavy atom. The molecule has 0 N–H and O–H groups in total. The molecular formula is C4H10ClNOSi. The fourth-order valence-electron chi connectivity index (χ4n) is 0.402. The number of rotatable bonds is 4. The molecular weight excluding hydrogens is 142 g/mol. The molecule has 8 heavy (non-hydrogen) atoms. The van der Waals surface area contributed by atoms with Crippen molar-refractivity contribution in [2.75, 3.05) is 13.1 Å². The molecule has 4 heteroatoms. The van der Waals surface area contributed by atoms with Crippen LogP contribution in [0.5, 0.6) is 0 Å². The summed E-state index contributed by atoms with van der Waals surface area (Å²) in [5, 5.41) is 1.81. The van der Waals surface area contributed by atoms with Gasteiger partial charge in [-0.1, -0.05) is 13.8 Å². The predicted octanol–water partition coefficient (Wildman–Crippen LogP) is 1.03. The van der Waals surface area contributed by atoms with Crippen LogP contribution in [0.2, 0.25) is 0 Å². The lowest BCUT2D eigenvalue weighted by molar-refractivity contribution is -0.0432. The van der Waals surface area contributed by atoms with Crippen LogP contribution < -0.4 is 0 Å². The van der Waals surface area contributed by atoms with Gasteiger partial charge in [0.25, 0.3) is 0 Å². The Morgan fingerprint density at radius 1 is 1.50 bits per heavy atom. The van der Waals surface area contributed by atoms with E-state index in [0.717, 1.165) is 13.1 Å². The number of hydroxylamine groups is 2. The molecule has 0 aromatic heterocycles. The molecule has 0 aromatic rings. The topological polar surface area (TPSA) is 12.5 Å². The maximum atomic E-state index is 5.32. The molecule has 0 heterocycles. The van der Waals surface area contributed by atoms with E-state index in [2.05, 4.69) is 0 Å². The van der Waals surface area contributed by atoms with E-state index >= 15 is 0 Å². The van der Waals surface area contributed by atoms with Gasteiger partial charge in [0.1, 0.15) is 0 Å². The maximum absolute atomic E-state index is 5.32. The van der Waals surface area contributed by atoms with Crippen LogP contribution in [-0.2, 0) is 4.53 Å². The SMILES string of the molecule is CCN(CC)O[Si]Cl. The van der Waals surface area contributed by atoms with Crippen LogP contribution in [0.3, 0.4) is 0 Å². The van der Waals surface area contributed by atoms with Crippen molar-refractivity contribution >= 4 is 20.2 Å². The highest BCUT2D eigenvalue weighted by atomic mass is 35.6. The van der Waals surface area contributed by atoms with Crippen LogP contribution in [0.1, 0.15) is 13.8 Å². The van der Waals surface area contributed by atoms with Gasteiger partial charge in [0.05, 0.1) is 0 Å². The Morgan fingerprint density at radius 2 is 2.00 bits per heavy atom. The molecule has 0 aromatic carbocycles. The maximum Gasteiger partial charge on any atom is 0.383 e. The molecule has 0 unspecified atom stereocenters. The number of nitrogens with zero attached hydrogens (tertiary/aromatic N) is 1. The van der Waals surface area contributed by atoms with Gasteiger partial charge in [-0.05, 0) is 0 Å². The minimum Gasteiger partial charge on any atom is -0.322 e. The number of hydrogen-bond donors (Lipinski definition) is 0. The standard InChI is InChI=1S/C4H10ClNOSi/c1-3-6(4-2)7-8-5/h3-4H2,1-2H3. The Bertz CT molecular complexity index is 51.3. The fraction of sp³-hybridized carbons (Fsp3) is 1.00. The van der Waals surface area contributed by atoms with E-state index in [1.165, 1.54) is 0 Å². The van der Waals surface area contributed by atoms with Gasteiger partial charge >= 0.3 is 9.07 Å². The molecule has 0 amide bonds. The second kappa shape index (κ2) is 5.56. The fourth-order valence-corrected chi connectivity index (χ4v) is 1.05. The highest BCUT2D eigenvalue weighted by molar-refractivity contribution is 6.89. The predicted molar refractivity (Wildman–Crippen MR) is 35.6 cm³/mol. The van der Waals surface area contributed by atoms with Gasteiger partial charge in [0.15, 0.2) is 0 Å². The van der Waals surface area contributed by atoms with Crippen LogP contribution in [0.4, 0.5) is 0 Å². The zero-order chi connectivity index (χ0) is 6.41. The molecule has 2 nitrogen and oxygen atoms in total. The second-order valence-corrected chi connectivity index (χ2v) is 2.08. The molecule has 48 valence electrons. The summed E-state index contributed by atoms with van der Waals surface area (Å²) in [6, 6.07) is 0. The van der Waals surface area contributed by atoms with Crippen LogP contribution >= 0.6 is 11.1 Å². The third-order valence-electron chi connectivity index (χ3n) is 0.869. The molecule has 0 aliphatic carbocycles. The average Bonchev–Trinajstić information content (AvgIpc) is 1.83. The summed E-state index contributed by atoms with van der Waals surface area (Å²) in [7, 11) is 0.0499. The average molecular weight is 152 g/mol. The van der Waals surface area contributed by atoms with Gasteiger partial charge in [-0.15, -0.1) is 11.1 Å². The van der Waals surface area contributed by atoms with Gasteiger partial charge < -0.3 is 4.53 Å². The van der Waals surface area contributed by atoms with E-state index in [0.29, 0.717) is 0 Å². The Balaban J connectivity index is 3.07. The molecule has 0 rings (SSSR count). The van der Waals surface area contributed by atoms with E-state index < -0.39 is 0 Å². The second-order valence-electron chi connectivity index (χ2n) is 1.28. The molecule has 0 atom stereocenters. The van der Waals surface area contributed by atoms with Crippen molar-refractivity contribution in [3.05, 3.63) is 0 Å². The lowest BCUT2D eigenvalue weighted by Gasteiger charge is -2.14. The van der Waals surface area contributed by atoms with E-state index in [9.17, 15) is 0 Å². The first-order valence-electron chi connectivity index (χ1n) is 2.62. The van der Waals surface area contributed by atoms with E-state index in [1.54, 1.807) is 0 Å². The third kappa shape index (κ3) is 3.43. The van der Waals surface area contributed by atoms with Crippen molar-refractivity contribution in [3.63, 3.8) is 0 Å². The molecule has 0 aliphatic rings. The molecule has 0 saturated carbocycles. The van der Waals surface area contributed by atoms with Gasteiger partial charge in [-0.3, -0.25) is 0 Å². The molecule has 2 radical (unpaired) electrons. The largest absolute Gasteiger partial charge is 0.383 e. The Labute approximate surface area is 57.4 Å². The minimum absolute atomic E-state index is 0.0499. The van der Waals surface area contributed by atoms with Gasteiger partial charge in [-0.2, -0.15) is 0 Å². The smallest absolute Gasteiger partial charge is 0.322 e. The Hall–Kier alpha value is 0.427. The minimum atomic E-state index is 0.0499. The van der Waals surface area contributed by atoms with Gasteiger partial charge in [0, 0.05) is 13.1 Å². The number of halogens is 1. The molecule has 0 fully saturated rings. The van der Waals surface area contributed by atoms with Crippen LogP contribution in [0.15, 0.2) is 0 Å². The normalized spacial score (nSPS) is 10.5. The van der Waals surface area contributed by atoms with Crippen LogP contribution in [-0.4, -0.2) is 27.2 Å². The highest BCUT2D eigenvalue weighted by Gasteiger charge is 1.95. The monoisotopic (exact) mass is 151 g/mol. The molecule has 0 spiro atoms. The zero-order valence-corrected chi connectivity index (χ0v) is 6.90. The van der Waals surface area contributed by atoms with Crippen molar-refractivity contribution in [3.8, 4) is 0 Å². The van der Waals surface area contributed by atoms with Crippen molar-refractivity contribution < 1.29 is 4.53 Å². The lowest BCUT2D eigenvalue weighted by atomic mass is 10.6. The zero-order valence-electron chi connectivity index (χ0n) is 5.15. The quantitative estimate of drug-likeness (QED) is 0.338. The summed E-state index contributed by atoms with van der Waals surface area (Å²) in [5.41, 5.74) is 0. The summed E-state index contributed by atoms with van der Waals surface area (Å²) in [6.45, 7) is 5.85. The van der Waals surface area contributed by atoms with E-state index in [4.69, 9.17) is 15.6 Å². The first-order chi connectivity index (χ1) is 3.85. The number of hydrogen-bond acceptors (Lipinski definition) is 2. The van der Waals surface area contributed by atoms with Gasteiger partial charge in [0.2, 0.25) is 0 Å². The van der Waals surface area contributed by atoms with Crippen molar-refractivity contribution in [1.82, 2.24) is 5.06 Å². The molecule has 0 aliphatic heterocycles. The first kappa shape index (κ1) is 8.43.